The van der Waals surface area contributed by atoms with E-state index in [1.54, 1.807) is 25.5 Å². The molecule has 0 aliphatic heterocycles. The van der Waals surface area contributed by atoms with Crippen LogP contribution in [0.25, 0.3) is 5.69 Å². The van der Waals surface area contributed by atoms with Crippen LogP contribution < -0.4 is 10.2 Å². The molecule has 28 heavy (non-hydrogen) atoms. The number of amides is 1. The third-order valence-corrected chi connectivity index (χ3v) is 4.89. The highest BCUT2D eigenvalue weighted by Crippen LogP contribution is 2.23. The summed E-state index contributed by atoms with van der Waals surface area (Å²) in [6, 6.07) is 15.1. The van der Waals surface area contributed by atoms with Crippen molar-refractivity contribution >= 4 is 23.7 Å². The van der Waals surface area contributed by atoms with E-state index >= 15 is 0 Å². The Kier molecular flexibility index (Phi) is 5.85. The van der Waals surface area contributed by atoms with Crippen LogP contribution in [-0.2, 0) is 0 Å². The number of halogens is 1. The summed E-state index contributed by atoms with van der Waals surface area (Å²) >= 11 is 6.36. The van der Waals surface area contributed by atoms with Crippen molar-refractivity contribution < 1.29 is 9.53 Å². The summed E-state index contributed by atoms with van der Waals surface area (Å²) in [5.41, 5.74) is 7.91. The first-order valence-corrected chi connectivity index (χ1v) is 9.21. The topological polar surface area (TPSA) is 55.6 Å². The molecule has 3 rings (SSSR count). The van der Waals surface area contributed by atoms with E-state index in [4.69, 9.17) is 16.3 Å². The number of nitrogens with zero attached hydrogens (tertiary/aromatic N) is 2. The highest BCUT2D eigenvalue weighted by Gasteiger charge is 2.12. The molecule has 0 bridgehead atoms. The van der Waals surface area contributed by atoms with Crippen LogP contribution in [0.2, 0.25) is 5.02 Å². The predicted octanol–water partition coefficient (Wildman–Crippen LogP) is 4.83. The summed E-state index contributed by atoms with van der Waals surface area (Å²) in [7, 11) is 1.62. The molecule has 1 amide bonds. The van der Waals surface area contributed by atoms with Gasteiger partial charge in [-0.05, 0) is 80.4 Å². The van der Waals surface area contributed by atoms with Crippen LogP contribution in [0.15, 0.2) is 53.6 Å². The van der Waals surface area contributed by atoms with Gasteiger partial charge in [0.05, 0.1) is 23.9 Å². The van der Waals surface area contributed by atoms with Gasteiger partial charge in [0.2, 0.25) is 0 Å². The van der Waals surface area contributed by atoms with E-state index in [9.17, 15) is 4.79 Å². The second kappa shape index (κ2) is 8.31. The zero-order chi connectivity index (χ0) is 20.3. The Morgan fingerprint density at radius 1 is 1.07 bits per heavy atom. The summed E-state index contributed by atoms with van der Waals surface area (Å²) in [6.07, 6.45) is 1.60. The van der Waals surface area contributed by atoms with Gasteiger partial charge in [-0.3, -0.25) is 4.79 Å². The average molecular weight is 396 g/mol. The number of rotatable bonds is 5. The number of carbonyl (C=O) groups excluding carboxylic acids is 1. The number of hydrogen-bond acceptors (Lipinski definition) is 3. The van der Waals surface area contributed by atoms with E-state index in [0.717, 1.165) is 34.0 Å². The first-order valence-electron chi connectivity index (χ1n) is 8.83. The number of ether oxygens (including phenoxy) is 1. The maximum atomic E-state index is 12.4. The van der Waals surface area contributed by atoms with Gasteiger partial charge in [-0.1, -0.05) is 11.6 Å². The van der Waals surface area contributed by atoms with Gasteiger partial charge in [0.25, 0.3) is 5.91 Å². The Labute approximate surface area is 169 Å². The highest BCUT2D eigenvalue weighted by molar-refractivity contribution is 6.34. The van der Waals surface area contributed by atoms with E-state index in [1.807, 2.05) is 57.2 Å². The maximum absolute atomic E-state index is 12.4. The normalized spacial score (nSPS) is 11.0. The Bertz CT molecular complexity index is 1030. The van der Waals surface area contributed by atoms with E-state index in [0.29, 0.717) is 10.6 Å². The van der Waals surface area contributed by atoms with E-state index < -0.39 is 0 Å². The highest BCUT2D eigenvalue weighted by atomic mass is 35.5. The molecular weight excluding hydrogens is 374 g/mol. The van der Waals surface area contributed by atoms with Crippen LogP contribution in [0.3, 0.4) is 0 Å². The van der Waals surface area contributed by atoms with Gasteiger partial charge in [-0.15, -0.1) is 0 Å². The summed E-state index contributed by atoms with van der Waals surface area (Å²) < 4.78 is 7.27. The van der Waals surface area contributed by atoms with Gasteiger partial charge in [-0.25, -0.2) is 5.43 Å². The molecular formula is C22H22ClN3O2. The lowest BCUT2D eigenvalue weighted by molar-refractivity contribution is 0.0955. The van der Waals surface area contributed by atoms with Gasteiger partial charge < -0.3 is 9.30 Å². The number of benzene rings is 2. The summed E-state index contributed by atoms with van der Waals surface area (Å²) in [6.45, 7) is 6.00. The van der Waals surface area contributed by atoms with Crippen molar-refractivity contribution in [2.45, 2.75) is 20.8 Å². The SMILES string of the molecule is COc1ccc(/C=N\NC(=O)c2ccc(-n3c(C)ccc3C)cc2Cl)c(C)c1. The van der Waals surface area contributed by atoms with Crippen molar-refractivity contribution in [3.63, 3.8) is 0 Å². The van der Waals surface area contributed by atoms with Crippen molar-refractivity contribution in [1.29, 1.82) is 0 Å². The fourth-order valence-corrected chi connectivity index (χ4v) is 3.30. The second-order valence-electron chi connectivity index (χ2n) is 6.54. The van der Waals surface area contributed by atoms with Crippen LogP contribution >= 0.6 is 11.6 Å². The van der Waals surface area contributed by atoms with E-state index in [1.165, 1.54) is 0 Å². The fraction of sp³-hybridized carbons (Fsp3) is 0.182. The number of aryl methyl sites for hydroxylation is 3. The monoisotopic (exact) mass is 395 g/mol. The molecule has 6 heteroatoms. The van der Waals surface area contributed by atoms with Gasteiger partial charge in [0.1, 0.15) is 5.75 Å². The molecule has 0 aliphatic rings. The molecule has 0 spiro atoms. The zero-order valence-electron chi connectivity index (χ0n) is 16.3. The molecule has 0 unspecified atom stereocenters. The molecule has 3 aromatic rings. The minimum absolute atomic E-state index is 0.361. The molecule has 5 nitrogen and oxygen atoms in total. The average Bonchev–Trinajstić information content (AvgIpc) is 3.01. The number of aromatic nitrogens is 1. The van der Waals surface area contributed by atoms with Gasteiger partial charge in [0, 0.05) is 17.1 Å². The molecule has 144 valence electrons. The minimum atomic E-state index is -0.361. The summed E-state index contributed by atoms with van der Waals surface area (Å²) in [5.74, 6) is 0.415. The van der Waals surface area contributed by atoms with Crippen LogP contribution in [0.5, 0.6) is 5.75 Å². The molecule has 1 N–H and O–H groups in total. The number of nitrogens with one attached hydrogen (secondary N) is 1. The molecule has 0 saturated heterocycles. The quantitative estimate of drug-likeness (QED) is 0.497. The second-order valence-corrected chi connectivity index (χ2v) is 6.94. The van der Waals surface area contributed by atoms with Crippen LogP contribution in [0.4, 0.5) is 0 Å². The molecule has 1 heterocycles. The van der Waals surface area contributed by atoms with Crippen molar-refractivity contribution in [2.75, 3.05) is 7.11 Å². The standard InChI is InChI=1S/C22H22ClN3O2/c1-14-11-19(28-4)9-7-17(14)13-24-25-22(27)20-10-8-18(12-21(20)23)26-15(2)5-6-16(26)3/h5-13H,1-4H3,(H,25,27)/b24-13-. The third kappa shape index (κ3) is 4.10. The van der Waals surface area contributed by atoms with Crippen molar-refractivity contribution in [3.8, 4) is 11.4 Å². The first-order chi connectivity index (χ1) is 13.4. The van der Waals surface area contributed by atoms with Crippen LogP contribution in [0.1, 0.15) is 32.9 Å². The van der Waals surface area contributed by atoms with Crippen molar-refractivity contribution in [3.05, 3.63) is 81.6 Å². The number of carbonyl (C=O) groups is 1. The van der Waals surface area contributed by atoms with Crippen LogP contribution in [0, 0.1) is 20.8 Å². The lowest BCUT2D eigenvalue weighted by atomic mass is 10.1. The summed E-state index contributed by atoms with van der Waals surface area (Å²) in [5, 5.41) is 4.42. The van der Waals surface area contributed by atoms with Crippen molar-refractivity contribution in [1.82, 2.24) is 9.99 Å². The molecule has 0 atom stereocenters. The Morgan fingerprint density at radius 3 is 2.39 bits per heavy atom. The lowest BCUT2D eigenvalue weighted by Gasteiger charge is -2.11. The molecule has 0 fully saturated rings. The Balaban J connectivity index is 1.74. The number of hydrogen-bond donors (Lipinski definition) is 1. The summed E-state index contributed by atoms with van der Waals surface area (Å²) in [4.78, 5) is 12.4. The van der Waals surface area contributed by atoms with E-state index in [2.05, 4.69) is 15.1 Å². The Hall–Kier alpha value is -3.05. The smallest absolute Gasteiger partial charge is 0.272 e. The van der Waals surface area contributed by atoms with Gasteiger partial charge >= 0.3 is 0 Å². The molecule has 0 saturated carbocycles. The van der Waals surface area contributed by atoms with Crippen molar-refractivity contribution in [2.24, 2.45) is 5.10 Å². The first kappa shape index (κ1) is 19.7. The molecule has 2 aromatic carbocycles. The number of hydrazone groups is 1. The fourth-order valence-electron chi connectivity index (χ4n) is 3.04. The van der Waals surface area contributed by atoms with Crippen LogP contribution in [-0.4, -0.2) is 23.8 Å². The predicted molar refractivity (Wildman–Crippen MR) is 113 cm³/mol. The molecule has 0 aliphatic carbocycles. The Morgan fingerprint density at radius 2 is 1.79 bits per heavy atom. The van der Waals surface area contributed by atoms with E-state index in [-0.39, 0.29) is 5.91 Å². The maximum Gasteiger partial charge on any atom is 0.272 e. The van der Waals surface area contributed by atoms with Gasteiger partial charge in [-0.2, -0.15) is 5.10 Å². The van der Waals surface area contributed by atoms with Gasteiger partial charge in [0.15, 0.2) is 0 Å². The molecule has 0 radical (unpaired) electrons. The lowest BCUT2D eigenvalue weighted by Crippen LogP contribution is -2.18. The third-order valence-electron chi connectivity index (χ3n) is 4.57. The minimum Gasteiger partial charge on any atom is -0.497 e. The zero-order valence-corrected chi connectivity index (χ0v) is 17.0. The number of methoxy groups -OCH3 is 1. The largest absolute Gasteiger partial charge is 0.497 e. The molecule has 1 aromatic heterocycles.